The van der Waals surface area contributed by atoms with Crippen molar-refractivity contribution < 1.29 is 22.7 Å². The number of aromatic nitrogens is 7. The molecule has 0 radical (unpaired) electrons. The number of fused-ring (bicyclic) bond motifs is 1. The lowest BCUT2D eigenvalue weighted by molar-refractivity contribution is -0.138. The highest BCUT2D eigenvalue weighted by Gasteiger charge is 2.36. The summed E-state index contributed by atoms with van der Waals surface area (Å²) in [5.74, 6) is -0.764. The van der Waals surface area contributed by atoms with Crippen molar-refractivity contribution in [1.29, 1.82) is 0 Å². The van der Waals surface area contributed by atoms with Gasteiger partial charge in [0.05, 0.1) is 18.1 Å². The van der Waals surface area contributed by atoms with Crippen molar-refractivity contribution in [3.05, 3.63) is 64.5 Å². The number of Topliss-reactive ketones (excluding diaryl/α,β-unsaturated/α-hetero) is 1. The second-order valence-corrected chi connectivity index (χ2v) is 8.62. The van der Waals surface area contributed by atoms with E-state index in [0.29, 0.717) is 16.9 Å². The van der Waals surface area contributed by atoms with Gasteiger partial charge in [-0.1, -0.05) is 25.4 Å². The number of nitrogens with zero attached hydrogens (tertiary/aromatic N) is 7. The van der Waals surface area contributed by atoms with Crippen LogP contribution in [0.5, 0.6) is 0 Å². The van der Waals surface area contributed by atoms with Crippen LogP contribution in [0.3, 0.4) is 0 Å². The Labute approximate surface area is 202 Å². The molecule has 0 saturated heterocycles. The van der Waals surface area contributed by atoms with E-state index in [1.807, 2.05) is 13.8 Å². The van der Waals surface area contributed by atoms with E-state index in [-0.39, 0.29) is 35.3 Å². The van der Waals surface area contributed by atoms with Crippen LogP contribution in [0.15, 0.2) is 36.9 Å². The minimum Gasteiger partial charge on any atom is -0.375 e. The Morgan fingerprint density at radius 1 is 1.11 bits per heavy atom. The van der Waals surface area contributed by atoms with Gasteiger partial charge in [0.25, 0.3) is 0 Å². The van der Waals surface area contributed by atoms with Crippen molar-refractivity contribution in [1.82, 2.24) is 34.6 Å². The molecule has 35 heavy (non-hydrogen) atoms. The lowest BCUT2D eigenvalue weighted by atomic mass is 9.96. The second kappa shape index (κ2) is 9.70. The third kappa shape index (κ3) is 5.17. The monoisotopic (exact) mass is 507 g/mol. The highest BCUT2D eigenvalue weighted by Crippen LogP contribution is 2.33. The molecule has 0 N–H and O–H groups in total. The van der Waals surface area contributed by atoms with Gasteiger partial charge in [0.15, 0.2) is 16.6 Å². The molecule has 13 heteroatoms. The normalized spacial score (nSPS) is 13.0. The molecule has 184 valence electrons. The van der Waals surface area contributed by atoms with Gasteiger partial charge in [-0.25, -0.2) is 14.5 Å². The summed E-state index contributed by atoms with van der Waals surface area (Å²) in [5, 5.41) is 11.9. The largest absolute Gasteiger partial charge is 0.420 e. The first-order valence-corrected chi connectivity index (χ1v) is 11.0. The molecule has 1 atom stereocenters. The highest BCUT2D eigenvalue weighted by molar-refractivity contribution is 6.29. The van der Waals surface area contributed by atoms with Crippen molar-refractivity contribution in [3.63, 3.8) is 0 Å². The van der Waals surface area contributed by atoms with Gasteiger partial charge < -0.3 is 4.74 Å². The summed E-state index contributed by atoms with van der Waals surface area (Å²) < 4.78 is 48.2. The molecule has 4 aromatic heterocycles. The van der Waals surface area contributed by atoms with Gasteiger partial charge in [0.2, 0.25) is 0 Å². The van der Waals surface area contributed by atoms with Crippen molar-refractivity contribution in [2.75, 3.05) is 7.11 Å². The smallest absolute Gasteiger partial charge is 0.375 e. The van der Waals surface area contributed by atoms with Crippen LogP contribution >= 0.6 is 11.6 Å². The maximum atomic E-state index is 13.7. The van der Waals surface area contributed by atoms with Crippen LogP contribution in [-0.4, -0.2) is 47.5 Å². The number of hydrogen-bond donors (Lipinski definition) is 0. The van der Waals surface area contributed by atoms with Gasteiger partial charge in [-0.05, 0) is 17.5 Å². The Kier molecular flexibility index (Phi) is 6.86. The van der Waals surface area contributed by atoms with Gasteiger partial charge in [0.1, 0.15) is 17.5 Å². The Balaban J connectivity index is 1.65. The fourth-order valence-corrected chi connectivity index (χ4v) is 4.06. The minimum absolute atomic E-state index is 0.0319. The molecule has 4 aromatic rings. The Bertz CT molecular complexity index is 1350. The zero-order valence-corrected chi connectivity index (χ0v) is 19.7. The molecular formula is C22H21ClF3N7O2. The molecule has 0 bridgehead atoms. The standard InChI is InChI=1S/C22H21ClF3N7O2/c1-12(2)20(35-3)19-14(11-27-18-9-17(23)31-32(18)19)8-15(34)6-13-7-16(22(24,25)26)21(28-10-13)33-29-4-5-30-33/h4-5,7,9-12,20H,6,8H2,1-3H3/t20-/m1/s1. The third-order valence-electron chi connectivity index (χ3n) is 5.33. The molecule has 0 unspecified atom stereocenters. The topological polar surface area (TPSA) is 100 Å². The number of carbonyl (C=O) groups is 1. The van der Waals surface area contributed by atoms with Crippen LogP contribution < -0.4 is 0 Å². The first-order valence-electron chi connectivity index (χ1n) is 10.6. The Morgan fingerprint density at radius 2 is 1.83 bits per heavy atom. The van der Waals surface area contributed by atoms with Crippen LogP contribution in [-0.2, 0) is 28.5 Å². The SMILES string of the molecule is CO[C@@H](c1c(CC(=O)Cc2cnc(-n3nccn3)c(C(F)(F)F)c2)cnc2cc(Cl)nn12)C(C)C. The molecule has 0 amide bonds. The summed E-state index contributed by atoms with van der Waals surface area (Å²) in [6.07, 6.45) is -0.226. The van der Waals surface area contributed by atoms with E-state index < -0.39 is 23.7 Å². The van der Waals surface area contributed by atoms with E-state index in [2.05, 4.69) is 25.3 Å². The molecule has 0 fully saturated rings. The number of methoxy groups -OCH3 is 1. The molecule has 0 aliphatic carbocycles. The number of ether oxygens (including phenoxy) is 1. The number of pyridine rings is 1. The predicted octanol–water partition coefficient (Wildman–Crippen LogP) is 4.08. The summed E-state index contributed by atoms with van der Waals surface area (Å²) in [7, 11) is 1.55. The fraction of sp³-hybridized carbons (Fsp3) is 0.364. The molecule has 0 saturated carbocycles. The molecule has 4 rings (SSSR count). The zero-order valence-electron chi connectivity index (χ0n) is 19.0. The van der Waals surface area contributed by atoms with Crippen LogP contribution in [0, 0.1) is 5.92 Å². The summed E-state index contributed by atoms with van der Waals surface area (Å²) in [6.45, 7) is 3.91. The number of alkyl halides is 3. The summed E-state index contributed by atoms with van der Waals surface area (Å²) in [5.41, 5.74) is 0.730. The second-order valence-electron chi connectivity index (χ2n) is 8.23. The third-order valence-corrected chi connectivity index (χ3v) is 5.51. The molecule has 0 spiro atoms. The molecule has 0 aliphatic rings. The summed E-state index contributed by atoms with van der Waals surface area (Å²) >= 11 is 6.06. The summed E-state index contributed by atoms with van der Waals surface area (Å²) in [6, 6.07) is 2.48. The number of carbonyl (C=O) groups excluding carboxylic acids is 1. The van der Waals surface area contributed by atoms with E-state index in [0.717, 1.165) is 10.9 Å². The van der Waals surface area contributed by atoms with Crippen LogP contribution in [0.25, 0.3) is 11.5 Å². The van der Waals surface area contributed by atoms with Crippen molar-refractivity contribution in [2.24, 2.45) is 5.92 Å². The van der Waals surface area contributed by atoms with Gasteiger partial charge in [0, 0.05) is 44.0 Å². The van der Waals surface area contributed by atoms with Crippen molar-refractivity contribution >= 4 is 23.0 Å². The van der Waals surface area contributed by atoms with E-state index >= 15 is 0 Å². The predicted molar refractivity (Wildman–Crippen MR) is 119 cm³/mol. The van der Waals surface area contributed by atoms with E-state index in [4.69, 9.17) is 16.3 Å². The van der Waals surface area contributed by atoms with Gasteiger partial charge in [-0.2, -0.15) is 28.5 Å². The fourth-order valence-electron chi connectivity index (χ4n) is 3.89. The maximum absolute atomic E-state index is 13.7. The number of ketones is 1. The van der Waals surface area contributed by atoms with Crippen molar-refractivity contribution in [2.45, 2.75) is 39.0 Å². The lowest BCUT2D eigenvalue weighted by Crippen LogP contribution is -2.20. The van der Waals surface area contributed by atoms with Gasteiger partial charge >= 0.3 is 6.18 Å². The average Bonchev–Trinajstić information content (AvgIpc) is 3.44. The quantitative estimate of drug-likeness (QED) is 0.354. The van der Waals surface area contributed by atoms with Gasteiger partial charge in [-0.3, -0.25) is 4.79 Å². The lowest BCUT2D eigenvalue weighted by Gasteiger charge is -2.23. The first kappa shape index (κ1) is 24.7. The number of hydrogen-bond acceptors (Lipinski definition) is 7. The van der Waals surface area contributed by atoms with Crippen molar-refractivity contribution in [3.8, 4) is 5.82 Å². The number of halogens is 4. The van der Waals surface area contributed by atoms with Crippen LogP contribution in [0.1, 0.15) is 42.3 Å². The molecular weight excluding hydrogens is 487 g/mol. The number of rotatable bonds is 8. The average molecular weight is 508 g/mol. The first-order chi connectivity index (χ1) is 16.6. The molecule has 0 aliphatic heterocycles. The Morgan fingerprint density at radius 3 is 2.46 bits per heavy atom. The van der Waals surface area contributed by atoms with E-state index in [1.165, 1.54) is 23.1 Å². The maximum Gasteiger partial charge on any atom is 0.420 e. The Hall–Kier alpha value is -3.38. The van der Waals surface area contributed by atoms with Crippen LogP contribution in [0.4, 0.5) is 13.2 Å². The highest BCUT2D eigenvalue weighted by atomic mass is 35.5. The van der Waals surface area contributed by atoms with E-state index in [1.54, 1.807) is 19.4 Å². The molecule has 9 nitrogen and oxygen atoms in total. The van der Waals surface area contributed by atoms with E-state index in [9.17, 15) is 18.0 Å². The zero-order chi connectivity index (χ0) is 25.3. The molecule has 4 heterocycles. The minimum atomic E-state index is -4.71. The van der Waals surface area contributed by atoms with Gasteiger partial charge in [-0.15, -0.1) is 4.80 Å². The van der Waals surface area contributed by atoms with Crippen LogP contribution in [0.2, 0.25) is 5.15 Å². The summed E-state index contributed by atoms with van der Waals surface area (Å²) in [4.78, 5) is 21.9. The molecule has 0 aromatic carbocycles.